The van der Waals surface area contributed by atoms with Gasteiger partial charge in [0.2, 0.25) is 5.91 Å². The first-order valence-electron chi connectivity index (χ1n) is 11.3. The molecule has 1 aliphatic rings. The summed E-state index contributed by atoms with van der Waals surface area (Å²) in [7, 11) is 1.57. The van der Waals surface area contributed by atoms with E-state index in [1.165, 1.54) is 23.5 Å². The molecule has 0 saturated carbocycles. The van der Waals surface area contributed by atoms with Crippen molar-refractivity contribution < 1.29 is 27.5 Å². The third kappa shape index (κ3) is 6.14. The topological polar surface area (TPSA) is 83.6 Å². The first kappa shape index (κ1) is 25.5. The fourth-order valence-electron chi connectivity index (χ4n) is 4.02. The standard InChI is InChI=1S/C25H25F3N4O3S/c1-35-21-10-3-2-9-19(21)30-24-31-20(15-36-24)23(34)32-11-5-7-17(14-32)22(33)29-13-16-6-4-8-18(12-16)25(26,27)28/h2-4,6,8-10,12,15,17H,5,7,11,13-14H2,1H3,(H,29,33)(H,30,31)/t17-/m0/s1. The zero-order valence-corrected chi connectivity index (χ0v) is 20.3. The summed E-state index contributed by atoms with van der Waals surface area (Å²) in [5.41, 5.74) is 0.609. The van der Waals surface area contributed by atoms with E-state index in [0.717, 1.165) is 17.8 Å². The molecule has 1 fully saturated rings. The van der Waals surface area contributed by atoms with Gasteiger partial charge in [0.1, 0.15) is 11.4 Å². The molecule has 1 aliphatic heterocycles. The minimum Gasteiger partial charge on any atom is -0.495 e. The van der Waals surface area contributed by atoms with Crippen molar-refractivity contribution >= 4 is 34.0 Å². The number of likely N-dealkylation sites (tertiary alicyclic amines) is 1. The zero-order chi connectivity index (χ0) is 25.7. The number of piperidine rings is 1. The number of amides is 2. The number of rotatable bonds is 7. The van der Waals surface area contributed by atoms with Gasteiger partial charge in [-0.1, -0.05) is 24.3 Å². The molecule has 0 aliphatic carbocycles. The van der Waals surface area contributed by atoms with Crippen LogP contribution in [0.1, 0.15) is 34.5 Å². The van der Waals surface area contributed by atoms with Gasteiger partial charge < -0.3 is 20.3 Å². The van der Waals surface area contributed by atoms with Gasteiger partial charge in [-0.15, -0.1) is 11.3 Å². The Morgan fingerprint density at radius 3 is 2.78 bits per heavy atom. The summed E-state index contributed by atoms with van der Waals surface area (Å²) in [5.74, 6) is -0.356. The maximum absolute atomic E-state index is 13.0. The third-order valence-electron chi connectivity index (χ3n) is 5.87. The highest BCUT2D eigenvalue weighted by Gasteiger charge is 2.31. The van der Waals surface area contributed by atoms with Gasteiger partial charge in [0.05, 0.1) is 24.3 Å². The second-order valence-corrected chi connectivity index (χ2v) is 9.23. The number of para-hydroxylation sites is 2. The third-order valence-corrected chi connectivity index (χ3v) is 6.63. The van der Waals surface area contributed by atoms with E-state index in [-0.39, 0.29) is 30.6 Å². The number of anilines is 2. The average Bonchev–Trinajstić information content (AvgIpc) is 3.35. The molecule has 0 bridgehead atoms. The number of carbonyl (C=O) groups excluding carboxylic acids is 2. The van der Waals surface area contributed by atoms with E-state index in [1.807, 2.05) is 24.3 Å². The Kier molecular flexibility index (Phi) is 7.78. The molecule has 4 rings (SSSR count). The van der Waals surface area contributed by atoms with Gasteiger partial charge in [0.15, 0.2) is 5.13 Å². The molecule has 3 aromatic rings. The van der Waals surface area contributed by atoms with Crippen LogP contribution in [-0.4, -0.2) is 41.9 Å². The number of aromatic nitrogens is 1. The molecule has 11 heteroatoms. The minimum absolute atomic E-state index is 0.0166. The fourth-order valence-corrected chi connectivity index (χ4v) is 4.72. The predicted octanol–water partition coefficient (Wildman–Crippen LogP) is 5.08. The van der Waals surface area contributed by atoms with Gasteiger partial charge >= 0.3 is 6.18 Å². The lowest BCUT2D eigenvalue weighted by molar-refractivity contribution is -0.137. The maximum atomic E-state index is 13.0. The Labute approximate surface area is 210 Å². The van der Waals surface area contributed by atoms with Gasteiger partial charge in [-0.3, -0.25) is 9.59 Å². The number of thiazole rings is 1. The van der Waals surface area contributed by atoms with E-state index in [2.05, 4.69) is 15.6 Å². The lowest BCUT2D eigenvalue weighted by Gasteiger charge is -2.31. The van der Waals surface area contributed by atoms with Crippen LogP contribution in [0.3, 0.4) is 0 Å². The van der Waals surface area contributed by atoms with Crippen molar-refractivity contribution in [1.82, 2.24) is 15.2 Å². The van der Waals surface area contributed by atoms with Gasteiger partial charge in [0, 0.05) is 25.0 Å². The molecule has 36 heavy (non-hydrogen) atoms. The number of alkyl halides is 3. The van der Waals surface area contributed by atoms with Crippen LogP contribution >= 0.6 is 11.3 Å². The Morgan fingerprint density at radius 2 is 2.00 bits per heavy atom. The summed E-state index contributed by atoms with van der Waals surface area (Å²) in [6.07, 6.45) is -3.21. The maximum Gasteiger partial charge on any atom is 0.416 e. The normalized spacial score (nSPS) is 15.9. The Balaban J connectivity index is 1.34. The summed E-state index contributed by atoms with van der Waals surface area (Å²) in [6, 6.07) is 12.2. The summed E-state index contributed by atoms with van der Waals surface area (Å²) in [4.78, 5) is 31.8. The number of halogens is 3. The van der Waals surface area contributed by atoms with E-state index >= 15 is 0 Å². The predicted molar refractivity (Wildman–Crippen MR) is 130 cm³/mol. The average molecular weight is 519 g/mol. The highest BCUT2D eigenvalue weighted by molar-refractivity contribution is 7.14. The van der Waals surface area contributed by atoms with Crippen LogP contribution in [0, 0.1) is 5.92 Å². The lowest BCUT2D eigenvalue weighted by Crippen LogP contribution is -2.45. The van der Waals surface area contributed by atoms with Crippen LogP contribution in [0.4, 0.5) is 24.0 Å². The van der Waals surface area contributed by atoms with E-state index in [1.54, 1.807) is 17.4 Å². The van der Waals surface area contributed by atoms with E-state index in [4.69, 9.17) is 4.74 Å². The highest BCUT2D eigenvalue weighted by atomic mass is 32.1. The number of nitrogens with one attached hydrogen (secondary N) is 2. The first-order chi connectivity index (χ1) is 17.2. The number of benzene rings is 2. The molecular weight excluding hydrogens is 493 g/mol. The van der Waals surface area contributed by atoms with Crippen LogP contribution in [0.5, 0.6) is 5.75 Å². The van der Waals surface area contributed by atoms with Crippen LogP contribution in [0.25, 0.3) is 0 Å². The van der Waals surface area contributed by atoms with Crippen molar-refractivity contribution in [3.8, 4) is 5.75 Å². The summed E-state index contributed by atoms with van der Waals surface area (Å²) < 4.78 is 44.1. The Bertz CT molecular complexity index is 1230. The van der Waals surface area contributed by atoms with Crippen LogP contribution in [0.2, 0.25) is 0 Å². The molecule has 2 aromatic carbocycles. The minimum atomic E-state index is -4.44. The molecule has 1 atom stereocenters. The number of ether oxygens (including phenoxy) is 1. The molecule has 1 saturated heterocycles. The number of hydrogen-bond acceptors (Lipinski definition) is 6. The SMILES string of the molecule is COc1ccccc1Nc1nc(C(=O)N2CCC[C@H](C(=O)NCc3cccc(C(F)(F)F)c3)C2)cs1. The molecular formula is C25H25F3N4O3S. The van der Waals surface area contributed by atoms with Gasteiger partial charge in [0.25, 0.3) is 5.91 Å². The molecule has 2 heterocycles. The second kappa shape index (κ2) is 11.0. The Morgan fingerprint density at radius 1 is 1.19 bits per heavy atom. The van der Waals surface area contributed by atoms with Crippen molar-refractivity contribution in [3.63, 3.8) is 0 Å². The first-order valence-corrected chi connectivity index (χ1v) is 12.2. The second-order valence-electron chi connectivity index (χ2n) is 8.37. The number of nitrogens with zero attached hydrogens (tertiary/aromatic N) is 2. The number of hydrogen-bond donors (Lipinski definition) is 2. The largest absolute Gasteiger partial charge is 0.495 e. The molecule has 7 nitrogen and oxygen atoms in total. The summed E-state index contributed by atoms with van der Waals surface area (Å²) in [6.45, 7) is 0.709. The van der Waals surface area contributed by atoms with Crippen molar-refractivity contribution in [3.05, 3.63) is 70.7 Å². The van der Waals surface area contributed by atoms with Crippen LogP contribution in [-0.2, 0) is 17.5 Å². The molecule has 0 unspecified atom stereocenters. The van der Waals surface area contributed by atoms with Crippen LogP contribution in [0.15, 0.2) is 53.9 Å². The van der Waals surface area contributed by atoms with E-state index < -0.39 is 17.7 Å². The molecule has 1 aromatic heterocycles. The van der Waals surface area contributed by atoms with Gasteiger partial charge in [-0.05, 0) is 42.7 Å². The van der Waals surface area contributed by atoms with Crippen molar-refractivity contribution in [2.45, 2.75) is 25.6 Å². The quantitative estimate of drug-likeness (QED) is 0.456. The number of methoxy groups -OCH3 is 1. The molecule has 2 N–H and O–H groups in total. The lowest BCUT2D eigenvalue weighted by atomic mass is 9.96. The van der Waals surface area contributed by atoms with Gasteiger partial charge in [-0.2, -0.15) is 13.2 Å². The summed E-state index contributed by atoms with van der Waals surface area (Å²) in [5, 5.41) is 8.06. The van der Waals surface area contributed by atoms with Gasteiger partial charge in [-0.25, -0.2) is 4.98 Å². The molecule has 0 spiro atoms. The van der Waals surface area contributed by atoms with E-state index in [9.17, 15) is 22.8 Å². The summed E-state index contributed by atoms with van der Waals surface area (Å²) >= 11 is 1.29. The Hall–Kier alpha value is -3.60. The molecule has 2 amide bonds. The number of carbonyl (C=O) groups is 2. The van der Waals surface area contributed by atoms with E-state index in [0.29, 0.717) is 35.8 Å². The van der Waals surface area contributed by atoms with Crippen molar-refractivity contribution in [2.75, 3.05) is 25.5 Å². The fraction of sp³-hybridized carbons (Fsp3) is 0.320. The monoisotopic (exact) mass is 518 g/mol. The smallest absolute Gasteiger partial charge is 0.416 e. The van der Waals surface area contributed by atoms with Crippen LogP contribution < -0.4 is 15.4 Å². The van der Waals surface area contributed by atoms with Crippen molar-refractivity contribution in [1.29, 1.82) is 0 Å². The zero-order valence-electron chi connectivity index (χ0n) is 19.5. The van der Waals surface area contributed by atoms with Crippen molar-refractivity contribution in [2.24, 2.45) is 5.92 Å². The highest BCUT2D eigenvalue weighted by Crippen LogP contribution is 2.30. The molecule has 0 radical (unpaired) electrons. The molecule has 190 valence electrons.